The Balaban J connectivity index is 1.70. The molecule has 0 radical (unpaired) electrons. The van der Waals surface area contributed by atoms with Gasteiger partial charge < -0.3 is 14.2 Å². The van der Waals surface area contributed by atoms with Gasteiger partial charge in [-0.05, 0) is 45.9 Å². The highest BCUT2D eigenvalue weighted by atomic mass is 32.2. The molecule has 6 nitrogen and oxygen atoms in total. The van der Waals surface area contributed by atoms with E-state index in [0.717, 1.165) is 29.7 Å². The van der Waals surface area contributed by atoms with E-state index in [1.165, 1.54) is 4.31 Å². The highest BCUT2D eigenvalue weighted by molar-refractivity contribution is 7.96. The van der Waals surface area contributed by atoms with E-state index >= 15 is 0 Å². The van der Waals surface area contributed by atoms with Crippen LogP contribution in [0.3, 0.4) is 0 Å². The summed E-state index contributed by atoms with van der Waals surface area (Å²) < 4.78 is 23.0. The molecule has 1 heterocycles. The van der Waals surface area contributed by atoms with E-state index in [1.807, 2.05) is 70.2 Å². The van der Waals surface area contributed by atoms with Gasteiger partial charge in [0, 0.05) is 24.6 Å². The van der Waals surface area contributed by atoms with Gasteiger partial charge in [0.05, 0.1) is 6.10 Å². The quantitative estimate of drug-likeness (QED) is 0.379. The number of carbonyl (C=O) groups is 1. The van der Waals surface area contributed by atoms with Crippen molar-refractivity contribution in [1.29, 1.82) is 0 Å². The highest BCUT2D eigenvalue weighted by Gasteiger charge is 2.33. The average molecular weight is 415 g/mol. The molecule has 0 spiro atoms. The lowest BCUT2D eigenvalue weighted by Crippen LogP contribution is -2.25. The van der Waals surface area contributed by atoms with Crippen LogP contribution >= 0.6 is 12.1 Å². The monoisotopic (exact) mass is 414 g/mol. The predicted octanol–water partition coefficient (Wildman–Crippen LogP) is 5.27. The molecule has 1 amide bonds. The maximum absolute atomic E-state index is 12.6. The minimum absolute atomic E-state index is 0.0424. The number of hydrogen-bond donors (Lipinski definition) is 0. The van der Waals surface area contributed by atoms with Gasteiger partial charge in [-0.3, -0.25) is 0 Å². The molecule has 0 N–H and O–H groups in total. The molecule has 0 saturated carbocycles. The molecular weight excluding hydrogens is 388 g/mol. The van der Waals surface area contributed by atoms with E-state index in [1.54, 1.807) is 13.1 Å². The molecule has 0 unspecified atom stereocenters. The van der Waals surface area contributed by atoms with Gasteiger partial charge in [0.1, 0.15) is 17.7 Å². The molecule has 0 atom stereocenters. The van der Waals surface area contributed by atoms with Crippen molar-refractivity contribution in [2.45, 2.75) is 45.8 Å². The van der Waals surface area contributed by atoms with Crippen LogP contribution in [0.25, 0.3) is 0 Å². The summed E-state index contributed by atoms with van der Waals surface area (Å²) in [6, 6.07) is 15.1. The van der Waals surface area contributed by atoms with Crippen LogP contribution in [0, 0.1) is 0 Å². The molecule has 1 aliphatic heterocycles. The van der Waals surface area contributed by atoms with Gasteiger partial charge >= 0.3 is 6.09 Å². The molecule has 2 aromatic carbocycles. The van der Waals surface area contributed by atoms with Gasteiger partial charge in [0.25, 0.3) is 0 Å². The van der Waals surface area contributed by atoms with Crippen LogP contribution in [0.1, 0.15) is 38.8 Å². The van der Waals surface area contributed by atoms with Crippen molar-refractivity contribution in [3.8, 4) is 11.5 Å². The fraction of sp³-hybridized carbons (Fsp3) is 0.364. The van der Waals surface area contributed by atoms with Crippen LogP contribution in [-0.4, -0.2) is 35.0 Å². The Morgan fingerprint density at radius 2 is 1.90 bits per heavy atom. The summed E-state index contributed by atoms with van der Waals surface area (Å²) >= 11 is 0.963. The number of fused-ring (bicyclic) bond motifs is 1. The number of carbonyl (C=O) groups excluding carboxylic acids is 1. The van der Waals surface area contributed by atoms with Gasteiger partial charge in [-0.1, -0.05) is 30.3 Å². The Labute approximate surface area is 176 Å². The van der Waals surface area contributed by atoms with Gasteiger partial charge in [-0.2, -0.15) is 4.40 Å². The normalized spacial score (nSPS) is 14.9. The first-order chi connectivity index (χ1) is 13.7. The molecule has 0 aliphatic carbocycles. The van der Waals surface area contributed by atoms with Crippen LogP contribution in [-0.2, 0) is 11.2 Å². The lowest BCUT2D eigenvalue weighted by Gasteiger charge is -2.19. The lowest BCUT2D eigenvalue weighted by molar-refractivity contribution is 0.132. The first-order valence-corrected chi connectivity index (χ1v) is 10.2. The summed E-state index contributed by atoms with van der Waals surface area (Å²) in [5, 5.41) is 0. The molecule has 154 valence electrons. The second kappa shape index (κ2) is 8.78. The highest BCUT2D eigenvalue weighted by Crippen LogP contribution is 2.42. The Bertz CT molecular complexity index is 897. The Kier molecular flexibility index (Phi) is 6.37. The summed E-state index contributed by atoms with van der Waals surface area (Å²) in [5.74, 6) is 1.49. The van der Waals surface area contributed by atoms with Crippen molar-refractivity contribution in [3.05, 3.63) is 59.7 Å². The summed E-state index contributed by atoms with van der Waals surface area (Å²) in [6.07, 6.45) is 0.187. The molecule has 0 fully saturated rings. The second-order valence-electron chi connectivity index (χ2n) is 7.66. The number of para-hydroxylation sites is 1. The van der Waals surface area contributed by atoms with Crippen molar-refractivity contribution in [3.63, 3.8) is 0 Å². The summed E-state index contributed by atoms with van der Waals surface area (Å²) in [7, 11) is 1.60. The van der Waals surface area contributed by atoms with Crippen molar-refractivity contribution >= 4 is 24.1 Å². The van der Waals surface area contributed by atoms with Crippen molar-refractivity contribution in [2.75, 3.05) is 7.05 Å². The van der Waals surface area contributed by atoms with Crippen LogP contribution < -0.4 is 9.47 Å². The van der Waals surface area contributed by atoms with Crippen LogP contribution in [0.4, 0.5) is 4.79 Å². The third-order valence-corrected chi connectivity index (χ3v) is 4.77. The standard InChI is InChI=1S/C22H26N2O4S/c1-15(2)26-20(16-10-7-6-8-11-16)23-29-24(5)21(25)27-18-13-9-12-17-14-22(3,4)28-19(17)18/h6-13,15H,14H2,1-5H3. The van der Waals surface area contributed by atoms with Crippen LogP contribution in [0.15, 0.2) is 52.9 Å². The number of benzene rings is 2. The van der Waals surface area contributed by atoms with Crippen molar-refractivity contribution in [2.24, 2.45) is 4.40 Å². The molecule has 1 aliphatic rings. The largest absolute Gasteiger partial charge is 0.483 e. The number of hydrogen-bond acceptors (Lipinski definition) is 6. The summed E-state index contributed by atoms with van der Waals surface area (Å²) in [5.41, 5.74) is 1.56. The molecule has 0 aromatic heterocycles. The van der Waals surface area contributed by atoms with Crippen molar-refractivity contribution in [1.82, 2.24) is 4.31 Å². The van der Waals surface area contributed by atoms with E-state index in [9.17, 15) is 4.79 Å². The zero-order valence-electron chi connectivity index (χ0n) is 17.3. The molecule has 0 bridgehead atoms. The molecule has 0 saturated heterocycles. The van der Waals surface area contributed by atoms with E-state index in [0.29, 0.717) is 17.4 Å². The van der Waals surface area contributed by atoms with E-state index in [2.05, 4.69) is 4.40 Å². The number of rotatable bonds is 5. The maximum Gasteiger partial charge on any atom is 0.426 e. The molecule has 29 heavy (non-hydrogen) atoms. The number of amides is 1. The SMILES string of the molecule is CC(C)OC(=NSN(C)C(=O)Oc1cccc2c1OC(C)(C)C2)c1ccccc1. The summed E-state index contributed by atoms with van der Waals surface area (Å²) in [6.45, 7) is 7.88. The fourth-order valence-corrected chi connectivity index (χ4v) is 3.35. The van der Waals surface area contributed by atoms with Gasteiger partial charge in [-0.25, -0.2) is 9.10 Å². The molecule has 3 rings (SSSR count). The van der Waals surface area contributed by atoms with Crippen molar-refractivity contribution < 1.29 is 19.0 Å². The van der Waals surface area contributed by atoms with Crippen LogP contribution in [0.5, 0.6) is 11.5 Å². The Morgan fingerprint density at radius 1 is 1.17 bits per heavy atom. The first-order valence-electron chi connectivity index (χ1n) is 9.49. The minimum Gasteiger partial charge on any atom is -0.483 e. The van der Waals surface area contributed by atoms with E-state index in [4.69, 9.17) is 14.2 Å². The number of ether oxygens (including phenoxy) is 3. The smallest absolute Gasteiger partial charge is 0.426 e. The minimum atomic E-state index is -0.544. The first kappa shape index (κ1) is 21.0. The Morgan fingerprint density at radius 3 is 2.59 bits per heavy atom. The van der Waals surface area contributed by atoms with Gasteiger partial charge in [0.2, 0.25) is 5.90 Å². The zero-order valence-corrected chi connectivity index (χ0v) is 18.2. The van der Waals surface area contributed by atoms with Gasteiger partial charge in [-0.15, -0.1) is 0 Å². The summed E-state index contributed by atoms with van der Waals surface area (Å²) in [4.78, 5) is 12.6. The maximum atomic E-state index is 12.6. The molecule has 7 heteroatoms. The van der Waals surface area contributed by atoms with Crippen LogP contribution in [0.2, 0.25) is 0 Å². The third-order valence-electron chi connectivity index (χ3n) is 4.12. The van der Waals surface area contributed by atoms with Gasteiger partial charge in [0.15, 0.2) is 11.5 Å². The van der Waals surface area contributed by atoms with E-state index in [-0.39, 0.29) is 11.7 Å². The number of nitrogens with zero attached hydrogens (tertiary/aromatic N) is 2. The zero-order chi connectivity index (χ0) is 21.0. The lowest BCUT2D eigenvalue weighted by atomic mass is 10.0. The molecule has 2 aromatic rings. The third kappa shape index (κ3) is 5.44. The fourth-order valence-electron chi connectivity index (χ4n) is 2.90. The average Bonchev–Trinajstić information content (AvgIpc) is 3.00. The topological polar surface area (TPSA) is 60.4 Å². The molecular formula is C22H26N2O4S. The Hall–Kier alpha value is -2.67. The van der Waals surface area contributed by atoms with E-state index < -0.39 is 6.09 Å². The predicted molar refractivity (Wildman–Crippen MR) is 115 cm³/mol. The second-order valence-corrected chi connectivity index (χ2v) is 8.55.